The second kappa shape index (κ2) is 8.40. The molecule has 158 valence electrons. The molecule has 0 radical (unpaired) electrons. The summed E-state index contributed by atoms with van der Waals surface area (Å²) < 4.78 is 11.5. The van der Waals surface area contributed by atoms with E-state index in [0.29, 0.717) is 31.9 Å². The maximum atomic E-state index is 13.8. The lowest BCUT2D eigenvalue weighted by molar-refractivity contribution is -0.123. The molecule has 31 heavy (non-hydrogen) atoms. The van der Waals surface area contributed by atoms with Gasteiger partial charge in [-0.1, -0.05) is 48.5 Å². The molecular weight excluding hydrogens is 390 g/mol. The van der Waals surface area contributed by atoms with Crippen LogP contribution in [0.1, 0.15) is 17.5 Å². The summed E-state index contributed by atoms with van der Waals surface area (Å²) in [6.45, 7) is 1.86. The van der Waals surface area contributed by atoms with Crippen molar-refractivity contribution in [3.63, 3.8) is 0 Å². The zero-order valence-corrected chi connectivity index (χ0v) is 17.5. The van der Waals surface area contributed by atoms with Crippen LogP contribution in [-0.4, -0.2) is 41.6 Å². The summed E-state index contributed by atoms with van der Waals surface area (Å²) in [4.78, 5) is 22.2. The quantitative estimate of drug-likeness (QED) is 0.637. The fraction of sp³-hybridized carbons (Fsp3) is 0.280. The van der Waals surface area contributed by atoms with Gasteiger partial charge in [0.1, 0.15) is 11.9 Å². The number of hydrogen-bond acceptors (Lipinski definition) is 5. The molecule has 0 spiro atoms. The molecule has 6 nitrogen and oxygen atoms in total. The van der Waals surface area contributed by atoms with Gasteiger partial charge in [-0.2, -0.15) is 0 Å². The number of nitrogens with zero attached hydrogens (tertiary/aromatic N) is 3. The van der Waals surface area contributed by atoms with E-state index in [4.69, 9.17) is 9.47 Å². The van der Waals surface area contributed by atoms with Crippen LogP contribution in [0.5, 0.6) is 11.6 Å². The molecule has 3 aromatic rings. The molecular formula is C25H25N3O3. The Morgan fingerprint density at radius 1 is 1.00 bits per heavy atom. The molecule has 1 saturated heterocycles. The first kappa shape index (κ1) is 19.6. The second-order valence-electron chi connectivity index (χ2n) is 8.01. The third kappa shape index (κ3) is 3.99. The highest BCUT2D eigenvalue weighted by Gasteiger charge is 2.42. The largest absolute Gasteiger partial charge is 0.487 e. The van der Waals surface area contributed by atoms with Crippen molar-refractivity contribution < 1.29 is 14.3 Å². The Morgan fingerprint density at radius 2 is 1.81 bits per heavy atom. The lowest BCUT2D eigenvalue weighted by Gasteiger charge is -2.32. The number of ether oxygens (including phenoxy) is 2. The van der Waals surface area contributed by atoms with Gasteiger partial charge in [-0.15, -0.1) is 0 Å². The van der Waals surface area contributed by atoms with Gasteiger partial charge in [0.15, 0.2) is 0 Å². The van der Waals surface area contributed by atoms with Crippen molar-refractivity contribution in [1.29, 1.82) is 0 Å². The monoisotopic (exact) mass is 415 g/mol. The van der Waals surface area contributed by atoms with Gasteiger partial charge in [-0.05, 0) is 23.3 Å². The van der Waals surface area contributed by atoms with E-state index in [-0.39, 0.29) is 18.1 Å². The Hall–Kier alpha value is -3.38. The standard InChI is InChI=1S/C25H25N3O3/c1-30-24-12-11-19(14-26-24)15-27-17-20-13-22(27)25(29)28(16-18-7-3-2-4-8-18)21-9-5-6-10-23(21)31-20/h2-12,14,20,22H,13,15-17H2,1H3. The Morgan fingerprint density at radius 3 is 2.58 bits per heavy atom. The Labute approximate surface area is 182 Å². The predicted molar refractivity (Wildman–Crippen MR) is 118 cm³/mol. The van der Waals surface area contributed by atoms with Crippen LogP contribution in [0.3, 0.4) is 0 Å². The van der Waals surface area contributed by atoms with E-state index >= 15 is 0 Å². The number of amides is 1. The number of methoxy groups -OCH3 is 1. The van der Waals surface area contributed by atoms with Gasteiger partial charge in [-0.25, -0.2) is 4.98 Å². The van der Waals surface area contributed by atoms with Crippen LogP contribution in [0, 0.1) is 0 Å². The number of pyridine rings is 1. The predicted octanol–water partition coefficient (Wildman–Crippen LogP) is 3.66. The molecule has 2 aliphatic heterocycles. The van der Waals surface area contributed by atoms with Gasteiger partial charge in [0.2, 0.25) is 11.8 Å². The van der Waals surface area contributed by atoms with Crippen molar-refractivity contribution in [3.8, 4) is 11.6 Å². The summed E-state index contributed by atoms with van der Waals surface area (Å²) in [5, 5.41) is 0. The SMILES string of the molecule is COc1ccc(CN2CC3CC2C(=O)N(Cc2ccccc2)c2ccccc2O3)cn1. The molecule has 0 aliphatic carbocycles. The number of hydrogen-bond donors (Lipinski definition) is 0. The van der Waals surface area contributed by atoms with Crippen LogP contribution in [0.4, 0.5) is 5.69 Å². The topological polar surface area (TPSA) is 54.9 Å². The van der Waals surface area contributed by atoms with Crippen LogP contribution in [0.15, 0.2) is 72.9 Å². The van der Waals surface area contributed by atoms with Crippen LogP contribution >= 0.6 is 0 Å². The summed E-state index contributed by atoms with van der Waals surface area (Å²) in [7, 11) is 1.60. The maximum Gasteiger partial charge on any atom is 0.244 e. The molecule has 3 heterocycles. The summed E-state index contributed by atoms with van der Waals surface area (Å²) >= 11 is 0. The van der Waals surface area contributed by atoms with Crippen molar-refractivity contribution >= 4 is 11.6 Å². The highest BCUT2D eigenvalue weighted by molar-refractivity contribution is 5.99. The first-order valence-electron chi connectivity index (χ1n) is 10.6. The van der Waals surface area contributed by atoms with E-state index in [1.165, 1.54) is 0 Å². The number of carbonyl (C=O) groups excluding carboxylic acids is 1. The maximum absolute atomic E-state index is 13.8. The van der Waals surface area contributed by atoms with Crippen LogP contribution in [-0.2, 0) is 17.9 Å². The molecule has 0 N–H and O–H groups in total. The van der Waals surface area contributed by atoms with Crippen molar-refractivity contribution in [2.75, 3.05) is 18.6 Å². The highest BCUT2D eigenvalue weighted by atomic mass is 16.5. The van der Waals surface area contributed by atoms with Crippen LogP contribution in [0.25, 0.3) is 0 Å². The number of fused-ring (bicyclic) bond motifs is 3. The molecule has 2 aliphatic rings. The minimum atomic E-state index is -0.232. The van der Waals surface area contributed by atoms with Crippen molar-refractivity contribution in [3.05, 3.63) is 84.1 Å². The molecule has 5 rings (SSSR count). The normalized spacial score (nSPS) is 20.5. The van der Waals surface area contributed by atoms with Crippen molar-refractivity contribution in [2.45, 2.75) is 31.7 Å². The molecule has 1 fully saturated rings. The molecule has 2 unspecified atom stereocenters. The van der Waals surface area contributed by atoms with E-state index in [1.807, 2.05) is 77.8 Å². The fourth-order valence-corrected chi connectivity index (χ4v) is 4.43. The Bertz CT molecular complexity index is 1060. The zero-order valence-electron chi connectivity index (χ0n) is 17.5. The highest BCUT2D eigenvalue weighted by Crippen LogP contribution is 2.37. The van der Waals surface area contributed by atoms with Gasteiger partial charge in [0.05, 0.1) is 25.4 Å². The number of anilines is 1. The molecule has 2 aromatic carbocycles. The van der Waals surface area contributed by atoms with Crippen LogP contribution in [0.2, 0.25) is 0 Å². The lowest BCUT2D eigenvalue weighted by atomic mass is 10.1. The van der Waals surface area contributed by atoms with Gasteiger partial charge in [-0.3, -0.25) is 9.69 Å². The first-order chi connectivity index (χ1) is 15.2. The fourth-order valence-electron chi connectivity index (χ4n) is 4.43. The molecule has 6 heteroatoms. The average molecular weight is 415 g/mol. The number of para-hydroxylation sites is 2. The van der Waals surface area contributed by atoms with Crippen LogP contribution < -0.4 is 14.4 Å². The second-order valence-corrected chi connectivity index (χ2v) is 8.01. The molecule has 2 atom stereocenters. The molecule has 2 bridgehead atoms. The number of rotatable bonds is 5. The summed E-state index contributed by atoms with van der Waals surface area (Å²) in [5.74, 6) is 1.47. The molecule has 1 amide bonds. The van der Waals surface area contributed by atoms with E-state index in [0.717, 1.165) is 22.6 Å². The third-order valence-electron chi connectivity index (χ3n) is 5.94. The van der Waals surface area contributed by atoms with Gasteiger partial charge in [0.25, 0.3) is 0 Å². The number of carbonyl (C=O) groups is 1. The minimum Gasteiger partial charge on any atom is -0.487 e. The zero-order chi connectivity index (χ0) is 21.2. The Balaban J connectivity index is 1.45. The number of benzene rings is 2. The van der Waals surface area contributed by atoms with Gasteiger partial charge in [0, 0.05) is 31.8 Å². The summed E-state index contributed by atoms with van der Waals surface area (Å²) in [5.41, 5.74) is 2.97. The van der Waals surface area contributed by atoms with Crippen molar-refractivity contribution in [2.24, 2.45) is 0 Å². The number of aromatic nitrogens is 1. The third-order valence-corrected chi connectivity index (χ3v) is 5.94. The smallest absolute Gasteiger partial charge is 0.244 e. The molecule has 0 saturated carbocycles. The van der Waals surface area contributed by atoms with E-state index < -0.39 is 0 Å². The summed E-state index contributed by atoms with van der Waals surface area (Å²) in [6.07, 6.45) is 2.48. The number of likely N-dealkylation sites (tertiary alicyclic amines) is 1. The summed E-state index contributed by atoms with van der Waals surface area (Å²) in [6, 6.07) is 21.5. The van der Waals surface area contributed by atoms with E-state index in [9.17, 15) is 4.79 Å². The lowest BCUT2D eigenvalue weighted by Crippen LogP contribution is -2.45. The minimum absolute atomic E-state index is 0.0137. The van der Waals surface area contributed by atoms with E-state index in [1.54, 1.807) is 7.11 Å². The van der Waals surface area contributed by atoms with E-state index in [2.05, 4.69) is 9.88 Å². The van der Waals surface area contributed by atoms with Gasteiger partial charge < -0.3 is 14.4 Å². The average Bonchev–Trinajstić information content (AvgIpc) is 3.21. The van der Waals surface area contributed by atoms with Crippen molar-refractivity contribution in [1.82, 2.24) is 9.88 Å². The van der Waals surface area contributed by atoms with Gasteiger partial charge >= 0.3 is 0 Å². The Kier molecular flexibility index (Phi) is 5.30. The molecule has 1 aromatic heterocycles. The first-order valence-corrected chi connectivity index (χ1v) is 10.6.